The zero-order valence-electron chi connectivity index (χ0n) is 11.9. The van der Waals surface area contributed by atoms with E-state index in [4.69, 9.17) is 9.47 Å². The second-order valence-corrected chi connectivity index (χ2v) is 5.30. The van der Waals surface area contributed by atoms with E-state index in [1.54, 1.807) is 14.2 Å². The summed E-state index contributed by atoms with van der Waals surface area (Å²) >= 11 is 0. The van der Waals surface area contributed by atoms with Gasteiger partial charge in [-0.05, 0) is 24.8 Å². The van der Waals surface area contributed by atoms with Gasteiger partial charge in [-0.25, -0.2) is 0 Å². The van der Waals surface area contributed by atoms with Crippen molar-refractivity contribution < 1.29 is 14.6 Å². The topological polar surface area (TPSA) is 38.7 Å². The summed E-state index contributed by atoms with van der Waals surface area (Å²) in [4.78, 5) is 0. The summed E-state index contributed by atoms with van der Waals surface area (Å²) in [6, 6.07) is 5.89. The van der Waals surface area contributed by atoms with Gasteiger partial charge in [-0.2, -0.15) is 0 Å². The van der Waals surface area contributed by atoms with Crippen molar-refractivity contribution in [3.05, 3.63) is 23.8 Å². The van der Waals surface area contributed by atoms with Crippen LogP contribution in [0.1, 0.15) is 43.6 Å². The smallest absolute Gasteiger partial charge is 0.126 e. The summed E-state index contributed by atoms with van der Waals surface area (Å²) in [5, 5.41) is 9.79. The van der Waals surface area contributed by atoms with Crippen molar-refractivity contribution in [1.82, 2.24) is 0 Å². The lowest BCUT2D eigenvalue weighted by Gasteiger charge is -2.30. The first-order chi connectivity index (χ1) is 9.30. The van der Waals surface area contributed by atoms with E-state index >= 15 is 0 Å². The third-order valence-electron chi connectivity index (χ3n) is 4.26. The molecule has 0 heterocycles. The number of hydrogen-bond acceptors (Lipinski definition) is 3. The maximum Gasteiger partial charge on any atom is 0.126 e. The Morgan fingerprint density at radius 1 is 1.16 bits per heavy atom. The molecule has 0 radical (unpaired) electrons. The van der Waals surface area contributed by atoms with Crippen LogP contribution in [0.3, 0.4) is 0 Å². The number of hydrogen-bond donors (Lipinski definition) is 1. The Morgan fingerprint density at radius 2 is 1.89 bits per heavy atom. The number of aliphatic hydroxyl groups excluding tert-OH is 1. The first-order valence-corrected chi connectivity index (χ1v) is 7.13. The molecule has 0 spiro atoms. The van der Waals surface area contributed by atoms with Crippen molar-refractivity contribution in [2.24, 2.45) is 5.92 Å². The predicted molar refractivity (Wildman–Crippen MR) is 75.9 cm³/mol. The fourth-order valence-corrected chi connectivity index (χ4v) is 3.16. The molecule has 2 rings (SSSR count). The quantitative estimate of drug-likeness (QED) is 0.886. The van der Waals surface area contributed by atoms with Crippen LogP contribution in [0.15, 0.2) is 18.2 Å². The summed E-state index contributed by atoms with van der Waals surface area (Å²) < 4.78 is 10.7. The lowest BCUT2D eigenvalue weighted by Crippen LogP contribution is -2.20. The highest BCUT2D eigenvalue weighted by Gasteiger charge is 2.26. The molecule has 1 aromatic carbocycles. The highest BCUT2D eigenvalue weighted by atomic mass is 16.5. The Balaban J connectivity index is 2.26. The van der Waals surface area contributed by atoms with Crippen LogP contribution in [0.5, 0.6) is 11.5 Å². The third-order valence-corrected chi connectivity index (χ3v) is 4.26. The maximum absolute atomic E-state index is 9.79. The Bertz CT molecular complexity index is 397. The predicted octanol–water partition coefficient (Wildman–Crippen LogP) is 3.36. The first kappa shape index (κ1) is 14.2. The zero-order chi connectivity index (χ0) is 13.7. The van der Waals surface area contributed by atoms with E-state index in [0.29, 0.717) is 5.92 Å². The van der Waals surface area contributed by atoms with E-state index in [-0.39, 0.29) is 12.5 Å². The van der Waals surface area contributed by atoms with Crippen LogP contribution in [0.2, 0.25) is 0 Å². The summed E-state index contributed by atoms with van der Waals surface area (Å²) in [6.45, 7) is 0.188. The van der Waals surface area contributed by atoms with Gasteiger partial charge >= 0.3 is 0 Å². The van der Waals surface area contributed by atoms with Crippen LogP contribution < -0.4 is 9.47 Å². The standard InChI is InChI=1S/C16H24O3/c1-18-13-8-9-14(16(10-13)19-2)15(11-17)12-6-4-3-5-7-12/h8-10,12,15,17H,3-7,11H2,1-2H3. The molecule has 19 heavy (non-hydrogen) atoms. The van der Waals surface area contributed by atoms with Crippen LogP contribution in [0.4, 0.5) is 0 Å². The van der Waals surface area contributed by atoms with Gasteiger partial charge in [-0.15, -0.1) is 0 Å². The molecule has 1 saturated carbocycles. The fraction of sp³-hybridized carbons (Fsp3) is 0.625. The molecule has 0 aliphatic heterocycles. The largest absolute Gasteiger partial charge is 0.497 e. The van der Waals surface area contributed by atoms with Gasteiger partial charge in [0, 0.05) is 17.5 Å². The highest BCUT2D eigenvalue weighted by molar-refractivity contribution is 5.43. The Labute approximate surface area is 115 Å². The Kier molecular flexibility index (Phi) is 5.08. The molecule has 1 unspecified atom stereocenters. The van der Waals surface area contributed by atoms with E-state index in [2.05, 4.69) is 0 Å². The number of rotatable bonds is 5. The second-order valence-electron chi connectivity index (χ2n) is 5.30. The minimum absolute atomic E-state index is 0.182. The monoisotopic (exact) mass is 264 g/mol. The lowest BCUT2D eigenvalue weighted by atomic mass is 9.77. The zero-order valence-corrected chi connectivity index (χ0v) is 11.9. The van der Waals surface area contributed by atoms with Gasteiger partial charge in [0.15, 0.2) is 0 Å². The van der Waals surface area contributed by atoms with E-state index < -0.39 is 0 Å². The summed E-state index contributed by atoms with van der Waals surface area (Å²) in [6.07, 6.45) is 6.30. The van der Waals surface area contributed by atoms with Crippen molar-refractivity contribution in [2.75, 3.05) is 20.8 Å². The third kappa shape index (κ3) is 3.21. The first-order valence-electron chi connectivity index (χ1n) is 7.13. The van der Waals surface area contributed by atoms with Gasteiger partial charge in [-0.3, -0.25) is 0 Å². The van der Waals surface area contributed by atoms with Crippen molar-refractivity contribution in [2.45, 2.75) is 38.0 Å². The van der Waals surface area contributed by atoms with Crippen molar-refractivity contribution in [3.63, 3.8) is 0 Å². The molecule has 1 N–H and O–H groups in total. The van der Waals surface area contributed by atoms with Crippen LogP contribution in [-0.4, -0.2) is 25.9 Å². The molecule has 0 saturated heterocycles. The van der Waals surface area contributed by atoms with Crippen LogP contribution in [-0.2, 0) is 0 Å². The van der Waals surface area contributed by atoms with E-state index in [1.165, 1.54) is 32.1 Å². The molecule has 106 valence electrons. The summed E-state index contributed by atoms with van der Waals surface area (Å²) in [7, 11) is 3.33. The minimum atomic E-state index is 0.182. The SMILES string of the molecule is COc1ccc(C(CO)C2CCCCC2)c(OC)c1. The molecule has 0 aromatic heterocycles. The van der Waals surface area contributed by atoms with E-state index in [0.717, 1.165) is 17.1 Å². The van der Waals surface area contributed by atoms with Crippen LogP contribution in [0, 0.1) is 5.92 Å². The normalized spacial score (nSPS) is 18.1. The van der Waals surface area contributed by atoms with Gasteiger partial charge in [-0.1, -0.05) is 25.3 Å². The van der Waals surface area contributed by atoms with Gasteiger partial charge in [0.25, 0.3) is 0 Å². The fourth-order valence-electron chi connectivity index (χ4n) is 3.16. The molecule has 1 aliphatic rings. The van der Waals surface area contributed by atoms with Crippen LogP contribution in [0.25, 0.3) is 0 Å². The van der Waals surface area contributed by atoms with Crippen LogP contribution >= 0.6 is 0 Å². The van der Waals surface area contributed by atoms with Gasteiger partial charge in [0.2, 0.25) is 0 Å². The molecule has 0 bridgehead atoms. The van der Waals surface area contributed by atoms with E-state index in [1.807, 2.05) is 18.2 Å². The van der Waals surface area contributed by atoms with Gasteiger partial charge in [0.1, 0.15) is 11.5 Å². The Hall–Kier alpha value is -1.22. The highest BCUT2D eigenvalue weighted by Crippen LogP contribution is 2.40. The average molecular weight is 264 g/mol. The number of aliphatic hydroxyl groups is 1. The molecule has 3 nitrogen and oxygen atoms in total. The maximum atomic E-state index is 9.79. The summed E-state index contributed by atoms with van der Waals surface area (Å²) in [5.41, 5.74) is 1.11. The van der Waals surface area contributed by atoms with Crippen molar-refractivity contribution in [3.8, 4) is 11.5 Å². The Morgan fingerprint density at radius 3 is 2.47 bits per heavy atom. The van der Waals surface area contributed by atoms with Crippen molar-refractivity contribution in [1.29, 1.82) is 0 Å². The molecule has 1 fully saturated rings. The molecule has 1 aliphatic carbocycles. The lowest BCUT2D eigenvalue weighted by molar-refractivity contribution is 0.193. The summed E-state index contributed by atoms with van der Waals surface area (Å²) in [5.74, 6) is 2.37. The van der Waals surface area contributed by atoms with Gasteiger partial charge < -0.3 is 14.6 Å². The molecule has 1 aromatic rings. The minimum Gasteiger partial charge on any atom is -0.497 e. The molecular weight excluding hydrogens is 240 g/mol. The number of methoxy groups -OCH3 is 2. The molecule has 1 atom stereocenters. The van der Waals surface area contributed by atoms with Gasteiger partial charge in [0.05, 0.1) is 20.8 Å². The molecule has 3 heteroatoms. The average Bonchev–Trinajstić information content (AvgIpc) is 2.49. The molecule has 0 amide bonds. The number of benzene rings is 1. The molecular formula is C16H24O3. The number of ether oxygens (including phenoxy) is 2. The van der Waals surface area contributed by atoms with E-state index in [9.17, 15) is 5.11 Å². The van der Waals surface area contributed by atoms with Crippen molar-refractivity contribution >= 4 is 0 Å². The second kappa shape index (κ2) is 6.80.